The smallest absolute Gasteiger partial charge is 0.337 e. The third-order valence-corrected chi connectivity index (χ3v) is 2.05. The fourth-order valence-electron chi connectivity index (χ4n) is 0.889. The lowest BCUT2D eigenvalue weighted by Gasteiger charge is -2.09. The molecule has 0 bridgehead atoms. The molecular formula is C9H10BrNO3. The molecule has 0 aliphatic carbocycles. The van der Waals surface area contributed by atoms with Gasteiger partial charge in [0.05, 0.1) is 16.1 Å². The van der Waals surface area contributed by atoms with Gasteiger partial charge in [-0.15, -0.1) is 0 Å². The van der Waals surface area contributed by atoms with Gasteiger partial charge in [0.25, 0.3) is 0 Å². The number of rotatable bonds is 3. The molecule has 0 unspecified atom stereocenters. The van der Waals surface area contributed by atoms with Crippen molar-refractivity contribution in [2.45, 2.75) is 20.0 Å². The van der Waals surface area contributed by atoms with Crippen LogP contribution in [0.3, 0.4) is 0 Å². The quantitative estimate of drug-likeness (QED) is 0.906. The monoisotopic (exact) mass is 259 g/mol. The van der Waals surface area contributed by atoms with Crippen molar-refractivity contribution in [2.24, 2.45) is 0 Å². The Hall–Kier alpha value is -1.10. The molecule has 14 heavy (non-hydrogen) atoms. The zero-order valence-electron chi connectivity index (χ0n) is 7.82. The topological polar surface area (TPSA) is 59.4 Å². The Balaban J connectivity index is 3.00. The van der Waals surface area contributed by atoms with Crippen molar-refractivity contribution in [1.29, 1.82) is 0 Å². The number of carboxylic acids is 1. The molecule has 1 N–H and O–H groups in total. The lowest BCUT2D eigenvalue weighted by Crippen LogP contribution is -2.08. The van der Waals surface area contributed by atoms with Crippen molar-refractivity contribution in [1.82, 2.24) is 4.98 Å². The van der Waals surface area contributed by atoms with E-state index in [4.69, 9.17) is 9.84 Å². The molecule has 0 atom stereocenters. The average molecular weight is 260 g/mol. The predicted molar refractivity (Wildman–Crippen MR) is 54.7 cm³/mol. The van der Waals surface area contributed by atoms with Gasteiger partial charge in [-0.05, 0) is 29.8 Å². The molecular weight excluding hydrogens is 250 g/mol. The van der Waals surface area contributed by atoms with Crippen molar-refractivity contribution >= 4 is 21.9 Å². The largest absolute Gasteiger partial charge is 0.478 e. The molecule has 0 aliphatic heterocycles. The third kappa shape index (κ3) is 2.70. The Morgan fingerprint density at radius 1 is 1.64 bits per heavy atom. The summed E-state index contributed by atoms with van der Waals surface area (Å²) in [5.74, 6) is -0.687. The molecule has 0 aromatic carbocycles. The molecule has 0 radical (unpaired) electrons. The molecule has 0 fully saturated rings. The van der Waals surface area contributed by atoms with Crippen LogP contribution in [0, 0.1) is 0 Å². The zero-order valence-corrected chi connectivity index (χ0v) is 9.41. The van der Waals surface area contributed by atoms with Crippen LogP contribution in [0.1, 0.15) is 24.2 Å². The van der Waals surface area contributed by atoms with E-state index in [0.717, 1.165) is 0 Å². The molecule has 0 amide bonds. The van der Waals surface area contributed by atoms with Gasteiger partial charge in [-0.25, -0.2) is 9.78 Å². The second-order valence-electron chi connectivity index (χ2n) is 2.97. The van der Waals surface area contributed by atoms with Gasteiger partial charge >= 0.3 is 5.97 Å². The average Bonchev–Trinajstić information content (AvgIpc) is 2.07. The molecule has 0 saturated heterocycles. The summed E-state index contributed by atoms with van der Waals surface area (Å²) in [5, 5.41) is 8.81. The molecule has 0 spiro atoms. The van der Waals surface area contributed by atoms with Crippen molar-refractivity contribution in [3.63, 3.8) is 0 Å². The third-order valence-electron chi connectivity index (χ3n) is 1.42. The van der Waals surface area contributed by atoms with E-state index in [2.05, 4.69) is 20.9 Å². The first kappa shape index (κ1) is 11.0. The number of pyridine rings is 1. The van der Waals surface area contributed by atoms with Gasteiger partial charge in [-0.1, -0.05) is 0 Å². The minimum atomic E-state index is -1.01. The number of carbonyl (C=O) groups is 1. The highest BCUT2D eigenvalue weighted by Crippen LogP contribution is 2.20. The zero-order chi connectivity index (χ0) is 10.7. The van der Waals surface area contributed by atoms with Gasteiger partial charge in [-0.2, -0.15) is 0 Å². The summed E-state index contributed by atoms with van der Waals surface area (Å²) in [6.07, 6.45) is 1.39. The lowest BCUT2D eigenvalue weighted by molar-refractivity contribution is 0.0694. The lowest BCUT2D eigenvalue weighted by atomic mass is 10.3. The van der Waals surface area contributed by atoms with Gasteiger partial charge in [0.1, 0.15) is 0 Å². The van der Waals surface area contributed by atoms with Crippen LogP contribution < -0.4 is 4.74 Å². The van der Waals surface area contributed by atoms with Crippen molar-refractivity contribution < 1.29 is 14.6 Å². The van der Waals surface area contributed by atoms with Gasteiger partial charge in [0.15, 0.2) is 0 Å². The van der Waals surface area contributed by atoms with E-state index in [-0.39, 0.29) is 11.7 Å². The summed E-state index contributed by atoms with van der Waals surface area (Å²) in [4.78, 5) is 14.7. The fraction of sp³-hybridized carbons (Fsp3) is 0.333. The number of aromatic nitrogens is 1. The number of carboxylic acid groups (broad SMARTS) is 1. The van der Waals surface area contributed by atoms with Crippen LogP contribution in [0.5, 0.6) is 5.88 Å². The summed E-state index contributed by atoms with van der Waals surface area (Å²) in [6, 6.07) is 1.40. The number of nitrogens with zero attached hydrogens (tertiary/aromatic N) is 1. The van der Waals surface area contributed by atoms with E-state index >= 15 is 0 Å². The normalized spacial score (nSPS) is 10.3. The fourth-order valence-corrected chi connectivity index (χ4v) is 1.28. The van der Waals surface area contributed by atoms with Crippen LogP contribution >= 0.6 is 15.9 Å². The number of halogens is 1. The predicted octanol–water partition coefficient (Wildman–Crippen LogP) is 2.33. The van der Waals surface area contributed by atoms with E-state index in [1.807, 2.05) is 13.8 Å². The Morgan fingerprint density at radius 2 is 2.29 bits per heavy atom. The first-order valence-corrected chi connectivity index (χ1v) is 4.85. The summed E-state index contributed by atoms with van der Waals surface area (Å²) < 4.78 is 5.71. The highest BCUT2D eigenvalue weighted by Gasteiger charge is 2.11. The van der Waals surface area contributed by atoms with Gasteiger partial charge in [-0.3, -0.25) is 0 Å². The molecule has 1 heterocycles. The van der Waals surface area contributed by atoms with Crippen LogP contribution in [-0.2, 0) is 0 Å². The van der Waals surface area contributed by atoms with Gasteiger partial charge in [0, 0.05) is 12.3 Å². The Labute approximate surface area is 90.0 Å². The minimum Gasteiger partial charge on any atom is -0.478 e. The number of hydrogen-bond acceptors (Lipinski definition) is 3. The Kier molecular flexibility index (Phi) is 3.46. The maximum absolute atomic E-state index is 10.7. The highest BCUT2D eigenvalue weighted by atomic mass is 79.9. The first-order chi connectivity index (χ1) is 6.50. The first-order valence-electron chi connectivity index (χ1n) is 4.06. The maximum Gasteiger partial charge on any atom is 0.337 e. The highest BCUT2D eigenvalue weighted by molar-refractivity contribution is 9.10. The summed E-state index contributed by atoms with van der Waals surface area (Å²) in [7, 11) is 0. The van der Waals surface area contributed by atoms with Crippen molar-refractivity contribution in [3.8, 4) is 5.88 Å². The van der Waals surface area contributed by atoms with E-state index < -0.39 is 5.97 Å². The maximum atomic E-state index is 10.7. The van der Waals surface area contributed by atoms with E-state index in [1.54, 1.807) is 0 Å². The van der Waals surface area contributed by atoms with E-state index in [0.29, 0.717) is 10.4 Å². The molecule has 5 heteroatoms. The van der Waals surface area contributed by atoms with Crippen molar-refractivity contribution in [3.05, 3.63) is 22.3 Å². The van der Waals surface area contributed by atoms with Crippen LogP contribution in [0.4, 0.5) is 0 Å². The molecule has 76 valence electrons. The molecule has 4 nitrogen and oxygen atoms in total. The number of hydrogen-bond donors (Lipinski definition) is 1. The summed E-state index contributed by atoms with van der Waals surface area (Å²) in [5.41, 5.74) is 0.149. The molecule has 0 saturated carbocycles. The van der Waals surface area contributed by atoms with Crippen LogP contribution in [0.25, 0.3) is 0 Å². The van der Waals surface area contributed by atoms with Crippen LogP contribution in [0.15, 0.2) is 16.7 Å². The number of ether oxygens (including phenoxy) is 1. The molecule has 0 aliphatic rings. The SMILES string of the molecule is CC(C)Oc1cc(C(=O)O)c(Br)cn1. The summed E-state index contributed by atoms with van der Waals surface area (Å²) >= 11 is 3.10. The minimum absolute atomic E-state index is 0.0229. The molecule has 1 aromatic rings. The summed E-state index contributed by atoms with van der Waals surface area (Å²) in [6.45, 7) is 3.70. The van der Waals surface area contributed by atoms with Crippen molar-refractivity contribution in [2.75, 3.05) is 0 Å². The Bertz CT molecular complexity index is 352. The van der Waals surface area contributed by atoms with Gasteiger partial charge in [0.2, 0.25) is 5.88 Å². The number of aromatic carboxylic acids is 1. The van der Waals surface area contributed by atoms with Crippen LogP contribution in [0.2, 0.25) is 0 Å². The van der Waals surface area contributed by atoms with Gasteiger partial charge < -0.3 is 9.84 Å². The Morgan fingerprint density at radius 3 is 2.79 bits per heavy atom. The molecule has 1 aromatic heterocycles. The second kappa shape index (κ2) is 4.41. The van der Waals surface area contributed by atoms with E-state index in [9.17, 15) is 4.79 Å². The van der Waals surface area contributed by atoms with E-state index in [1.165, 1.54) is 12.3 Å². The standard InChI is InChI=1S/C9H10BrNO3/c1-5(2)14-8-3-6(9(12)13)7(10)4-11-8/h3-5H,1-2H3,(H,12,13). The second-order valence-corrected chi connectivity index (χ2v) is 3.83. The van der Waals surface area contributed by atoms with Crippen LogP contribution in [-0.4, -0.2) is 22.2 Å². The molecule has 1 rings (SSSR count).